The minimum Gasteiger partial charge on any atom is -0.363 e. The van der Waals surface area contributed by atoms with Gasteiger partial charge in [-0.2, -0.15) is 11.3 Å². The largest absolute Gasteiger partial charge is 0.363 e. The lowest BCUT2D eigenvalue weighted by molar-refractivity contribution is 0.602. The number of sulfone groups is 1. The van der Waals surface area contributed by atoms with E-state index in [2.05, 4.69) is 10.3 Å². The van der Waals surface area contributed by atoms with E-state index in [-0.39, 0.29) is 6.04 Å². The summed E-state index contributed by atoms with van der Waals surface area (Å²) in [5.74, 6) is 1.44. The van der Waals surface area contributed by atoms with Crippen molar-refractivity contribution in [2.24, 2.45) is 0 Å². The van der Waals surface area contributed by atoms with E-state index in [9.17, 15) is 8.42 Å². The third-order valence-corrected chi connectivity index (χ3v) is 6.36. The average Bonchev–Trinajstić information content (AvgIpc) is 3.22. The lowest BCUT2D eigenvalue weighted by Crippen LogP contribution is -2.10. The van der Waals surface area contributed by atoms with Crippen LogP contribution in [0, 0.1) is 0 Å². The van der Waals surface area contributed by atoms with Gasteiger partial charge in [-0.05, 0) is 48.2 Å². The summed E-state index contributed by atoms with van der Waals surface area (Å²) in [6.45, 7) is 2.02. The van der Waals surface area contributed by atoms with E-state index in [0.717, 1.165) is 27.8 Å². The van der Waals surface area contributed by atoms with E-state index in [1.165, 1.54) is 6.26 Å². The van der Waals surface area contributed by atoms with Crippen LogP contribution in [0.3, 0.4) is 0 Å². The Hall–Kier alpha value is -2.77. The fraction of sp³-hybridized carbons (Fsp3) is 0.143. The molecule has 0 radical (unpaired) electrons. The first-order valence-corrected chi connectivity index (χ1v) is 11.6. The zero-order valence-electron chi connectivity index (χ0n) is 15.5. The number of fused-ring (bicyclic) bond motifs is 1. The molecule has 4 aromatic rings. The zero-order chi connectivity index (χ0) is 19.7. The number of hydrogen-bond acceptors (Lipinski definition) is 6. The van der Waals surface area contributed by atoms with Gasteiger partial charge in [-0.25, -0.2) is 18.4 Å². The first-order valence-electron chi connectivity index (χ1n) is 8.78. The number of para-hydroxylation sites is 1. The molecule has 0 amide bonds. The van der Waals surface area contributed by atoms with E-state index < -0.39 is 9.84 Å². The summed E-state index contributed by atoms with van der Waals surface area (Å²) in [6, 6.07) is 16.8. The van der Waals surface area contributed by atoms with Gasteiger partial charge in [-0.3, -0.25) is 0 Å². The maximum absolute atomic E-state index is 11.7. The maximum atomic E-state index is 11.7. The van der Waals surface area contributed by atoms with Crippen molar-refractivity contribution < 1.29 is 8.42 Å². The van der Waals surface area contributed by atoms with Crippen LogP contribution < -0.4 is 5.32 Å². The Labute approximate surface area is 168 Å². The first kappa shape index (κ1) is 18.6. The lowest BCUT2D eigenvalue weighted by atomic mass is 10.1. The Morgan fingerprint density at radius 2 is 1.75 bits per heavy atom. The van der Waals surface area contributed by atoms with Gasteiger partial charge in [-0.15, -0.1) is 0 Å². The molecule has 0 aliphatic rings. The number of benzene rings is 2. The molecule has 28 heavy (non-hydrogen) atoms. The molecule has 0 saturated carbocycles. The summed E-state index contributed by atoms with van der Waals surface area (Å²) in [7, 11) is -3.20. The average molecular weight is 410 g/mol. The highest BCUT2D eigenvalue weighted by Crippen LogP contribution is 2.29. The van der Waals surface area contributed by atoms with Gasteiger partial charge < -0.3 is 5.32 Å². The fourth-order valence-electron chi connectivity index (χ4n) is 3.00. The lowest BCUT2D eigenvalue weighted by Gasteiger charge is -2.17. The highest BCUT2D eigenvalue weighted by Gasteiger charge is 2.14. The smallest absolute Gasteiger partial charge is 0.175 e. The molecule has 1 atom stereocenters. The summed E-state index contributed by atoms with van der Waals surface area (Å²) >= 11 is 1.61. The van der Waals surface area contributed by atoms with Crippen LogP contribution in [0.5, 0.6) is 0 Å². The second kappa shape index (κ2) is 7.33. The summed E-state index contributed by atoms with van der Waals surface area (Å²) in [5, 5.41) is 8.45. The van der Waals surface area contributed by atoms with Crippen LogP contribution in [0.15, 0.2) is 70.3 Å². The molecule has 0 fully saturated rings. The molecule has 2 aromatic carbocycles. The van der Waals surface area contributed by atoms with Crippen LogP contribution in [0.1, 0.15) is 18.5 Å². The molecular formula is C21H19N3O2S2. The Morgan fingerprint density at radius 3 is 2.43 bits per heavy atom. The first-order chi connectivity index (χ1) is 13.4. The maximum Gasteiger partial charge on any atom is 0.175 e. The van der Waals surface area contributed by atoms with Crippen molar-refractivity contribution in [3.05, 3.63) is 70.9 Å². The number of nitrogens with zero attached hydrogens (tertiary/aromatic N) is 2. The second-order valence-electron chi connectivity index (χ2n) is 6.63. The summed E-state index contributed by atoms with van der Waals surface area (Å²) < 4.78 is 23.3. The highest BCUT2D eigenvalue weighted by molar-refractivity contribution is 7.90. The zero-order valence-corrected chi connectivity index (χ0v) is 17.1. The summed E-state index contributed by atoms with van der Waals surface area (Å²) in [4.78, 5) is 9.76. The Bertz CT molecular complexity index is 1220. The van der Waals surface area contributed by atoms with Crippen LogP contribution in [0.4, 0.5) is 5.82 Å². The normalized spacial score (nSPS) is 12.8. The van der Waals surface area contributed by atoms with Crippen molar-refractivity contribution in [2.45, 2.75) is 17.9 Å². The Morgan fingerprint density at radius 1 is 1.00 bits per heavy atom. The number of nitrogens with one attached hydrogen (secondary N) is 1. The van der Waals surface area contributed by atoms with Gasteiger partial charge in [0.15, 0.2) is 15.7 Å². The van der Waals surface area contributed by atoms with Crippen LogP contribution in [0.2, 0.25) is 0 Å². The van der Waals surface area contributed by atoms with Gasteiger partial charge >= 0.3 is 0 Å². The van der Waals surface area contributed by atoms with Crippen molar-refractivity contribution in [3.8, 4) is 11.4 Å². The molecule has 7 heteroatoms. The van der Waals surface area contributed by atoms with Crippen molar-refractivity contribution in [2.75, 3.05) is 11.6 Å². The monoisotopic (exact) mass is 409 g/mol. The molecular weight excluding hydrogens is 390 g/mol. The fourth-order valence-corrected chi connectivity index (χ4v) is 4.26. The predicted octanol–water partition coefficient (Wildman–Crippen LogP) is 4.93. The third kappa shape index (κ3) is 3.76. The molecule has 2 aromatic heterocycles. The second-order valence-corrected chi connectivity index (χ2v) is 9.43. The molecule has 2 heterocycles. The van der Waals surface area contributed by atoms with Gasteiger partial charge in [0.05, 0.1) is 10.4 Å². The molecule has 4 rings (SSSR count). The predicted molar refractivity (Wildman–Crippen MR) is 114 cm³/mol. The standard InChI is InChI=1S/C21H19N3O2S2/c1-14(15-7-9-17(10-8-15)28(2,25)26)22-21-18-5-3-4-6-19(18)23-20(24-21)16-11-12-27-13-16/h3-14H,1-2H3,(H,22,23,24). The minimum atomic E-state index is -3.20. The molecule has 0 spiro atoms. The molecule has 0 saturated heterocycles. The Balaban J connectivity index is 1.70. The number of anilines is 1. The van der Waals surface area contributed by atoms with Crippen molar-refractivity contribution in [1.82, 2.24) is 9.97 Å². The number of aromatic nitrogens is 2. The highest BCUT2D eigenvalue weighted by atomic mass is 32.2. The van der Waals surface area contributed by atoms with E-state index in [4.69, 9.17) is 4.98 Å². The van der Waals surface area contributed by atoms with E-state index >= 15 is 0 Å². The number of thiophene rings is 1. The summed E-state index contributed by atoms with van der Waals surface area (Å²) in [6.07, 6.45) is 1.21. The SMILES string of the molecule is CC(Nc1nc(-c2ccsc2)nc2ccccc12)c1ccc(S(C)(=O)=O)cc1. The van der Waals surface area contributed by atoms with Crippen LogP contribution in [-0.2, 0) is 9.84 Å². The number of rotatable bonds is 5. The Kier molecular flexibility index (Phi) is 4.87. The summed E-state index contributed by atoms with van der Waals surface area (Å²) in [5.41, 5.74) is 2.84. The van der Waals surface area contributed by atoms with Gasteiger partial charge in [0.25, 0.3) is 0 Å². The van der Waals surface area contributed by atoms with Crippen LogP contribution in [-0.4, -0.2) is 24.6 Å². The van der Waals surface area contributed by atoms with Crippen LogP contribution in [0.25, 0.3) is 22.3 Å². The molecule has 0 aliphatic carbocycles. The molecule has 1 N–H and O–H groups in total. The molecule has 0 bridgehead atoms. The van der Waals surface area contributed by atoms with E-state index in [1.807, 2.05) is 60.1 Å². The van der Waals surface area contributed by atoms with Crippen molar-refractivity contribution in [1.29, 1.82) is 0 Å². The number of hydrogen-bond donors (Lipinski definition) is 1. The van der Waals surface area contributed by atoms with E-state index in [0.29, 0.717) is 10.7 Å². The van der Waals surface area contributed by atoms with Crippen molar-refractivity contribution in [3.63, 3.8) is 0 Å². The van der Waals surface area contributed by atoms with Gasteiger partial charge in [-0.1, -0.05) is 24.3 Å². The van der Waals surface area contributed by atoms with Crippen LogP contribution >= 0.6 is 11.3 Å². The molecule has 1 unspecified atom stereocenters. The molecule has 5 nitrogen and oxygen atoms in total. The van der Waals surface area contributed by atoms with Crippen molar-refractivity contribution >= 4 is 37.9 Å². The topological polar surface area (TPSA) is 72.0 Å². The van der Waals surface area contributed by atoms with Gasteiger partial charge in [0, 0.05) is 28.6 Å². The van der Waals surface area contributed by atoms with E-state index in [1.54, 1.807) is 23.5 Å². The quantitative estimate of drug-likeness (QED) is 0.506. The van der Waals surface area contributed by atoms with Gasteiger partial charge in [0.1, 0.15) is 5.82 Å². The molecule has 142 valence electrons. The molecule has 0 aliphatic heterocycles. The minimum absolute atomic E-state index is 0.0535. The third-order valence-electron chi connectivity index (χ3n) is 4.54. The van der Waals surface area contributed by atoms with Gasteiger partial charge in [0.2, 0.25) is 0 Å².